The highest BCUT2D eigenvalue weighted by Crippen LogP contribution is 2.21. The summed E-state index contributed by atoms with van der Waals surface area (Å²) in [6.07, 6.45) is 0. The third-order valence-corrected chi connectivity index (χ3v) is 2.98. The Balaban J connectivity index is 2.25. The van der Waals surface area contributed by atoms with Crippen LogP contribution in [0.1, 0.15) is 10.4 Å². The van der Waals surface area contributed by atoms with Crippen LogP contribution in [0.3, 0.4) is 0 Å². The Morgan fingerprint density at radius 3 is 2.58 bits per heavy atom. The number of hydrogen-bond acceptors (Lipinski definition) is 2. The molecule has 2 aromatic rings. The lowest BCUT2D eigenvalue weighted by molar-refractivity contribution is 0.102. The quantitative estimate of drug-likeness (QED) is 0.807. The van der Waals surface area contributed by atoms with Crippen molar-refractivity contribution in [3.63, 3.8) is 0 Å². The molecule has 0 bridgehead atoms. The topological polar surface area (TPSA) is 55.1 Å². The fraction of sp³-hybridized carbons (Fsp3) is 0. The van der Waals surface area contributed by atoms with Crippen molar-refractivity contribution in [3.8, 4) is 0 Å². The van der Waals surface area contributed by atoms with Crippen LogP contribution >= 0.6 is 27.5 Å². The van der Waals surface area contributed by atoms with Gasteiger partial charge in [-0.05, 0) is 36.4 Å². The third kappa shape index (κ3) is 3.68. The van der Waals surface area contributed by atoms with E-state index in [0.29, 0.717) is 15.7 Å². The zero-order chi connectivity index (χ0) is 14.0. The molecule has 98 valence electrons. The van der Waals surface area contributed by atoms with Crippen molar-refractivity contribution in [2.75, 3.05) is 11.1 Å². The van der Waals surface area contributed by atoms with E-state index in [0.717, 1.165) is 6.07 Å². The van der Waals surface area contributed by atoms with Gasteiger partial charge in [-0.3, -0.25) is 4.79 Å². The Morgan fingerprint density at radius 1 is 1.21 bits per heavy atom. The van der Waals surface area contributed by atoms with E-state index >= 15 is 0 Å². The molecule has 0 heterocycles. The third-order valence-electron chi connectivity index (χ3n) is 2.30. The summed E-state index contributed by atoms with van der Waals surface area (Å²) >= 11 is 8.96. The first kappa shape index (κ1) is 13.8. The van der Waals surface area contributed by atoms with Gasteiger partial charge in [0.05, 0.1) is 0 Å². The molecule has 2 rings (SSSR count). The Kier molecular flexibility index (Phi) is 4.07. The second kappa shape index (κ2) is 5.59. The second-order valence-corrected chi connectivity index (χ2v) is 5.24. The molecule has 0 saturated heterocycles. The molecule has 0 fully saturated rings. The number of carbonyl (C=O) groups excluding carboxylic acids is 1. The zero-order valence-corrected chi connectivity index (χ0v) is 11.9. The Morgan fingerprint density at radius 2 is 1.95 bits per heavy atom. The maximum absolute atomic E-state index is 13.1. The van der Waals surface area contributed by atoms with Gasteiger partial charge in [0.25, 0.3) is 5.91 Å². The summed E-state index contributed by atoms with van der Waals surface area (Å²) in [6.45, 7) is 0. The molecule has 0 aliphatic rings. The van der Waals surface area contributed by atoms with Crippen LogP contribution in [0, 0.1) is 5.82 Å². The molecule has 2 aromatic carbocycles. The largest absolute Gasteiger partial charge is 0.399 e. The predicted octanol–water partition coefficient (Wildman–Crippen LogP) is 4.08. The summed E-state index contributed by atoms with van der Waals surface area (Å²) < 4.78 is 13.8. The maximum atomic E-state index is 13.1. The average molecular weight is 344 g/mol. The van der Waals surface area contributed by atoms with Gasteiger partial charge in [0, 0.05) is 26.4 Å². The number of amides is 1. The van der Waals surface area contributed by atoms with E-state index in [-0.39, 0.29) is 10.7 Å². The van der Waals surface area contributed by atoms with Crippen molar-refractivity contribution in [2.45, 2.75) is 0 Å². The molecule has 3 nitrogen and oxygen atoms in total. The average Bonchev–Trinajstić information content (AvgIpc) is 2.25. The second-order valence-electron chi connectivity index (χ2n) is 3.89. The minimum atomic E-state index is -0.517. The van der Waals surface area contributed by atoms with Gasteiger partial charge in [-0.1, -0.05) is 27.5 Å². The normalized spacial score (nSPS) is 10.3. The Bertz CT molecular complexity index is 608. The molecule has 0 aliphatic heterocycles. The molecule has 19 heavy (non-hydrogen) atoms. The van der Waals surface area contributed by atoms with E-state index in [1.54, 1.807) is 12.1 Å². The van der Waals surface area contributed by atoms with Crippen molar-refractivity contribution in [1.29, 1.82) is 0 Å². The van der Waals surface area contributed by atoms with Crippen LogP contribution in [0.2, 0.25) is 5.02 Å². The van der Waals surface area contributed by atoms with Crippen molar-refractivity contribution in [3.05, 3.63) is 57.3 Å². The molecule has 3 N–H and O–H groups in total. The van der Waals surface area contributed by atoms with Gasteiger partial charge in [-0.15, -0.1) is 0 Å². The molecule has 0 saturated carbocycles. The highest BCUT2D eigenvalue weighted by atomic mass is 79.9. The van der Waals surface area contributed by atoms with Gasteiger partial charge in [0.1, 0.15) is 5.82 Å². The first-order valence-corrected chi connectivity index (χ1v) is 6.44. The van der Waals surface area contributed by atoms with Crippen LogP contribution < -0.4 is 11.1 Å². The fourth-order valence-corrected chi connectivity index (χ4v) is 2.31. The van der Waals surface area contributed by atoms with E-state index < -0.39 is 11.7 Å². The lowest BCUT2D eigenvalue weighted by Gasteiger charge is -2.07. The van der Waals surface area contributed by atoms with Gasteiger partial charge in [-0.25, -0.2) is 4.39 Å². The maximum Gasteiger partial charge on any atom is 0.255 e. The molecule has 0 spiro atoms. The van der Waals surface area contributed by atoms with Crippen molar-refractivity contribution in [1.82, 2.24) is 0 Å². The van der Waals surface area contributed by atoms with E-state index in [1.807, 2.05) is 0 Å². The van der Waals surface area contributed by atoms with Gasteiger partial charge in [0.2, 0.25) is 0 Å². The molecule has 0 atom stereocenters. The zero-order valence-electron chi connectivity index (χ0n) is 9.58. The molecular formula is C13H9BrClFN2O. The van der Waals surface area contributed by atoms with E-state index in [9.17, 15) is 9.18 Å². The summed E-state index contributed by atoms with van der Waals surface area (Å²) in [5, 5.41) is 2.77. The van der Waals surface area contributed by atoms with Crippen LogP contribution in [-0.2, 0) is 0 Å². The number of nitrogens with one attached hydrogen (secondary N) is 1. The molecule has 1 amide bonds. The summed E-state index contributed by atoms with van der Waals surface area (Å²) in [4.78, 5) is 12.0. The summed E-state index contributed by atoms with van der Waals surface area (Å²) in [6, 6.07) is 8.63. The van der Waals surface area contributed by atoms with Crippen LogP contribution in [0.4, 0.5) is 15.8 Å². The van der Waals surface area contributed by atoms with Gasteiger partial charge in [0.15, 0.2) is 0 Å². The lowest BCUT2D eigenvalue weighted by atomic mass is 10.2. The number of nitrogens with two attached hydrogens (primary N) is 1. The molecule has 0 unspecified atom stereocenters. The number of halogens is 3. The SMILES string of the molecule is Nc1cc(Br)cc(C(=O)Nc2cc(F)cc(Cl)c2)c1. The van der Waals surface area contributed by atoms with E-state index in [2.05, 4.69) is 21.2 Å². The standard InChI is InChI=1S/C13H9BrClFN2O/c14-8-1-7(2-11(17)3-8)13(19)18-12-5-9(15)4-10(16)6-12/h1-6H,17H2,(H,18,19). The highest BCUT2D eigenvalue weighted by molar-refractivity contribution is 9.10. The monoisotopic (exact) mass is 342 g/mol. The van der Waals surface area contributed by atoms with Gasteiger partial charge < -0.3 is 11.1 Å². The fourth-order valence-electron chi connectivity index (χ4n) is 1.57. The van der Waals surface area contributed by atoms with Crippen LogP contribution in [0.15, 0.2) is 40.9 Å². The number of rotatable bonds is 2. The Hall–Kier alpha value is -1.59. The molecule has 0 aliphatic carbocycles. The number of benzene rings is 2. The first-order chi connectivity index (χ1) is 8.94. The van der Waals surface area contributed by atoms with E-state index in [1.165, 1.54) is 18.2 Å². The van der Waals surface area contributed by atoms with Gasteiger partial charge >= 0.3 is 0 Å². The summed E-state index contributed by atoms with van der Waals surface area (Å²) in [7, 11) is 0. The number of hydrogen-bond donors (Lipinski definition) is 2. The predicted molar refractivity (Wildman–Crippen MR) is 77.9 cm³/mol. The smallest absolute Gasteiger partial charge is 0.255 e. The van der Waals surface area contributed by atoms with E-state index in [4.69, 9.17) is 17.3 Å². The number of nitrogen functional groups attached to an aromatic ring is 1. The molecular weight excluding hydrogens is 335 g/mol. The lowest BCUT2D eigenvalue weighted by Crippen LogP contribution is -2.12. The highest BCUT2D eigenvalue weighted by Gasteiger charge is 2.09. The van der Waals surface area contributed by atoms with Crippen molar-refractivity contribution < 1.29 is 9.18 Å². The van der Waals surface area contributed by atoms with Crippen LogP contribution in [-0.4, -0.2) is 5.91 Å². The first-order valence-electron chi connectivity index (χ1n) is 5.27. The van der Waals surface area contributed by atoms with Gasteiger partial charge in [-0.2, -0.15) is 0 Å². The molecule has 0 aromatic heterocycles. The van der Waals surface area contributed by atoms with Crippen LogP contribution in [0.5, 0.6) is 0 Å². The Labute approximate surface area is 122 Å². The number of carbonyl (C=O) groups is 1. The minimum absolute atomic E-state index is 0.212. The minimum Gasteiger partial charge on any atom is -0.399 e. The van der Waals surface area contributed by atoms with Crippen molar-refractivity contribution in [2.24, 2.45) is 0 Å². The molecule has 0 radical (unpaired) electrons. The number of anilines is 2. The van der Waals surface area contributed by atoms with Crippen molar-refractivity contribution >= 4 is 44.8 Å². The van der Waals surface area contributed by atoms with Crippen LogP contribution in [0.25, 0.3) is 0 Å². The molecule has 6 heteroatoms. The summed E-state index contributed by atoms with van der Waals surface area (Å²) in [5.41, 5.74) is 6.76. The summed E-state index contributed by atoms with van der Waals surface area (Å²) in [5.74, 6) is -0.911.